The Labute approximate surface area is 441 Å². The first-order valence-corrected chi connectivity index (χ1v) is 24.9. The summed E-state index contributed by atoms with van der Waals surface area (Å²) in [6.07, 6.45) is -1.39. The lowest BCUT2D eigenvalue weighted by atomic mass is 9.47. The van der Waals surface area contributed by atoms with Gasteiger partial charge in [0, 0.05) is 90.9 Å². The number of nitrogens with zero attached hydrogens (tertiary/aromatic N) is 3. The number of para-hydroxylation sites is 1. The number of aliphatic hydroxyl groups is 5. The highest BCUT2D eigenvalue weighted by Crippen LogP contribution is 2.68. The predicted molar refractivity (Wildman–Crippen MR) is 269 cm³/mol. The number of likely N-dealkylation sites (N-methyl/N-ethyl adjacent to an activating group) is 1. The summed E-state index contributed by atoms with van der Waals surface area (Å²) in [6.45, 7) is 9.19. The van der Waals surface area contributed by atoms with Crippen LogP contribution in [0.4, 0.5) is 5.69 Å². The summed E-state index contributed by atoms with van der Waals surface area (Å²) >= 11 is 0. The number of carboxylic acids is 4. The molecule has 0 radical (unpaired) electrons. The van der Waals surface area contributed by atoms with Crippen LogP contribution in [0, 0.1) is 11.3 Å². The highest BCUT2D eigenvalue weighted by atomic mass is 16.6. The second kappa shape index (κ2) is 21.8. The Morgan fingerprint density at radius 2 is 1.40 bits per heavy atom. The molecule has 24 nitrogen and oxygen atoms in total. The molecule has 9 rings (SSSR count). The number of carbonyl (C=O) groups is 7. The molecule has 13 atom stereocenters. The summed E-state index contributed by atoms with van der Waals surface area (Å²) in [7, 11) is 6.22. The Balaban J connectivity index is 0.000000365. The van der Waals surface area contributed by atoms with E-state index in [1.165, 1.54) is 26.7 Å². The summed E-state index contributed by atoms with van der Waals surface area (Å²) < 4.78 is 23.9. The van der Waals surface area contributed by atoms with E-state index in [0.29, 0.717) is 50.2 Å². The number of aromatic nitrogens is 1. The van der Waals surface area contributed by atoms with Crippen LogP contribution in [0.2, 0.25) is 0 Å². The van der Waals surface area contributed by atoms with Gasteiger partial charge in [0.25, 0.3) is 0 Å². The Hall–Kier alpha value is -6.93. The number of aromatic amines is 1. The van der Waals surface area contributed by atoms with Gasteiger partial charge in [-0.25, -0.2) is 24.0 Å². The number of hydrogen-bond acceptors (Lipinski definition) is 19. The smallest absolute Gasteiger partial charge is 0.344 e. The fourth-order valence-corrected chi connectivity index (χ4v) is 13.4. The molecule has 10 N–H and O–H groups in total. The van der Waals surface area contributed by atoms with Crippen molar-refractivity contribution in [2.75, 3.05) is 59.5 Å². The number of H-pyrrole nitrogens is 1. The van der Waals surface area contributed by atoms with E-state index < -0.39 is 94.2 Å². The minimum absolute atomic E-state index is 0.0284. The number of benzene rings is 2. The molecule has 1 aromatic heterocycles. The van der Waals surface area contributed by atoms with Crippen LogP contribution in [-0.2, 0) is 65.1 Å². The molecular formula is C53H66N4O20. The van der Waals surface area contributed by atoms with Crippen LogP contribution in [-0.4, -0.2) is 205 Å². The number of carboxylic acid groups (broad SMARTS) is 4. The molecule has 2 bridgehead atoms. The van der Waals surface area contributed by atoms with Crippen LogP contribution in [0.1, 0.15) is 68.8 Å². The lowest BCUT2D eigenvalue weighted by molar-refractivity contribution is -0.228. The van der Waals surface area contributed by atoms with Gasteiger partial charge in [-0.2, -0.15) is 0 Å². The SMILES string of the molecule is CCC1=C[C@@H]2CN(C1)Cc1c([nH]c3ccccc13)[C@@](C(=O)OC)(c1cc3c(cc1OC)N(C)[C@@H]1[C@@](O)(C(=O)OC)[C@H](OC(C)=O)[C@]4(CC)C=CCN5CC[C@]31[C@@H]54)C2.O=C(O)C(O)C(O)C(=O)O.O=C(O)C(O)C(O)C(=O)O. The highest BCUT2D eigenvalue weighted by Gasteiger charge is 2.80. The maximum atomic E-state index is 15.2. The standard InChI is InChI=1S/C45H54N4O8.2C4H6O6/c1-8-27-19-28-22-44(40(51)55-6,36-30(25-48(23-27)24-28)29-13-10-11-14-33(29)46-36)32-20-31-34(21-35(32)54-5)47(4)38-43(31)16-18-49-17-12-15-42(9-2,37(43)49)39(57-26(3)50)45(38,53)41(52)56-7;2*5-1(3(7)8)2(6)4(9)10/h10-15,19-21,28,37-39,46,53H,8-9,16-18,22-25H2,1-7H3;2*1-2,5-6H,(H,7,8)(H,9,10)/t28-,37-,38-,39+,42+,43+,44-,45-;;/m0../s1. The number of ether oxygens (including phenoxy) is 4. The van der Waals surface area contributed by atoms with E-state index in [-0.39, 0.29) is 17.9 Å². The van der Waals surface area contributed by atoms with Gasteiger partial charge in [0.1, 0.15) is 11.2 Å². The maximum absolute atomic E-state index is 15.2. The van der Waals surface area contributed by atoms with Gasteiger partial charge in [-0.3, -0.25) is 19.4 Å². The summed E-state index contributed by atoms with van der Waals surface area (Å²) in [5, 5.41) is 79.4. The normalized spacial score (nSPS) is 29.9. The second-order valence-electron chi connectivity index (χ2n) is 20.3. The minimum Gasteiger partial charge on any atom is -0.496 e. The Kier molecular flexibility index (Phi) is 16.4. The van der Waals surface area contributed by atoms with E-state index >= 15 is 4.79 Å². The first kappa shape index (κ1) is 57.8. The Bertz CT molecular complexity index is 2830. The van der Waals surface area contributed by atoms with E-state index in [0.717, 1.165) is 52.9 Å². The van der Waals surface area contributed by atoms with Crippen molar-refractivity contribution in [3.8, 4) is 5.75 Å². The molecule has 5 aliphatic heterocycles. The average molecular weight is 1080 g/mol. The minimum atomic E-state index is -2.27. The third-order valence-electron chi connectivity index (χ3n) is 16.4. The van der Waals surface area contributed by atoms with Crippen LogP contribution in [0.15, 0.2) is 60.2 Å². The topological polar surface area (TPSA) is 364 Å². The largest absolute Gasteiger partial charge is 0.496 e. The summed E-state index contributed by atoms with van der Waals surface area (Å²) in [5.41, 5.74) is 1.05. The molecule has 2 aromatic carbocycles. The van der Waals surface area contributed by atoms with Crippen molar-refractivity contribution in [2.45, 2.75) is 112 Å². The number of hydrogen-bond donors (Lipinski definition) is 10. The Morgan fingerprint density at radius 3 is 1.94 bits per heavy atom. The van der Waals surface area contributed by atoms with Crippen molar-refractivity contribution in [1.29, 1.82) is 0 Å². The van der Waals surface area contributed by atoms with Gasteiger partial charge < -0.3 is 74.8 Å². The van der Waals surface area contributed by atoms with Crippen molar-refractivity contribution in [2.24, 2.45) is 11.3 Å². The third-order valence-corrected chi connectivity index (χ3v) is 16.4. The van der Waals surface area contributed by atoms with E-state index in [1.807, 2.05) is 37.1 Å². The molecule has 0 amide bonds. The molecule has 1 spiro atoms. The predicted octanol–water partition coefficient (Wildman–Crippen LogP) is 0.508. The first-order chi connectivity index (χ1) is 36.3. The fourth-order valence-electron chi connectivity index (χ4n) is 13.4. The Morgan fingerprint density at radius 1 is 0.805 bits per heavy atom. The lowest BCUT2D eigenvalue weighted by Gasteiger charge is -2.63. The van der Waals surface area contributed by atoms with Crippen molar-refractivity contribution >= 4 is 58.4 Å². The van der Waals surface area contributed by atoms with Crippen LogP contribution < -0.4 is 9.64 Å². The zero-order chi connectivity index (χ0) is 56.9. The summed E-state index contributed by atoms with van der Waals surface area (Å²) in [5.74, 6) is -8.39. The van der Waals surface area contributed by atoms with Gasteiger partial charge in [0.2, 0.25) is 5.60 Å². The molecule has 6 heterocycles. The second-order valence-corrected chi connectivity index (χ2v) is 20.3. The highest BCUT2D eigenvalue weighted by molar-refractivity contribution is 5.95. The molecule has 3 aromatic rings. The molecule has 418 valence electrons. The van der Waals surface area contributed by atoms with E-state index in [9.17, 15) is 33.9 Å². The number of carbonyl (C=O) groups excluding carboxylic acids is 3. The maximum Gasteiger partial charge on any atom is 0.344 e. The summed E-state index contributed by atoms with van der Waals surface area (Å²) in [4.78, 5) is 92.2. The van der Waals surface area contributed by atoms with Crippen molar-refractivity contribution in [1.82, 2.24) is 14.8 Å². The van der Waals surface area contributed by atoms with Gasteiger partial charge >= 0.3 is 41.8 Å². The first-order valence-electron chi connectivity index (χ1n) is 24.9. The molecule has 77 heavy (non-hydrogen) atoms. The zero-order valence-electron chi connectivity index (χ0n) is 43.5. The number of rotatable bonds is 13. The van der Waals surface area contributed by atoms with Gasteiger partial charge in [-0.1, -0.05) is 55.8 Å². The van der Waals surface area contributed by atoms with Crippen molar-refractivity contribution < 1.29 is 98.5 Å². The molecule has 1 saturated carbocycles. The summed E-state index contributed by atoms with van der Waals surface area (Å²) in [6, 6.07) is 11.2. The zero-order valence-corrected chi connectivity index (χ0v) is 43.5. The average Bonchev–Trinajstić information content (AvgIpc) is 4.06. The quantitative estimate of drug-likeness (QED) is 0.0633. The van der Waals surface area contributed by atoms with Gasteiger partial charge in [0.15, 0.2) is 30.5 Å². The number of methoxy groups -OCH3 is 3. The fraction of sp³-hybridized carbons (Fsp3) is 0.528. The molecule has 2 fully saturated rings. The van der Waals surface area contributed by atoms with E-state index in [4.69, 9.17) is 59.8 Å². The van der Waals surface area contributed by atoms with Crippen molar-refractivity contribution in [3.05, 3.63) is 82.6 Å². The number of aliphatic carboxylic acids is 4. The van der Waals surface area contributed by atoms with Crippen LogP contribution >= 0.6 is 0 Å². The van der Waals surface area contributed by atoms with Gasteiger partial charge in [-0.15, -0.1) is 0 Å². The number of anilines is 1. The molecule has 1 aliphatic carbocycles. The monoisotopic (exact) mass is 1080 g/mol. The van der Waals surface area contributed by atoms with Gasteiger partial charge in [-0.05, 0) is 61.4 Å². The number of esters is 3. The molecule has 24 heteroatoms. The van der Waals surface area contributed by atoms with Gasteiger partial charge in [0.05, 0.1) is 27.4 Å². The molecule has 1 saturated heterocycles. The molecular weight excluding hydrogens is 1010 g/mol. The van der Waals surface area contributed by atoms with Crippen LogP contribution in [0.5, 0.6) is 5.75 Å². The molecule has 5 unspecified atom stereocenters. The molecule has 6 aliphatic rings. The lowest BCUT2D eigenvalue weighted by Crippen LogP contribution is -2.81. The number of fused-ring (bicyclic) bond motifs is 6. The van der Waals surface area contributed by atoms with E-state index in [1.54, 1.807) is 7.11 Å². The van der Waals surface area contributed by atoms with Crippen LogP contribution in [0.3, 0.4) is 0 Å². The number of aliphatic hydroxyl groups excluding tert-OH is 4. The van der Waals surface area contributed by atoms with E-state index in [2.05, 4.69) is 58.1 Å². The third kappa shape index (κ3) is 9.27. The van der Waals surface area contributed by atoms with Crippen molar-refractivity contribution in [3.63, 3.8) is 0 Å². The van der Waals surface area contributed by atoms with Crippen LogP contribution in [0.25, 0.3) is 10.9 Å². The number of nitrogens with one attached hydrogen (secondary N) is 1.